The minimum absolute atomic E-state index is 0.0243. The lowest BCUT2D eigenvalue weighted by atomic mass is 9.73. The topological polar surface area (TPSA) is 75.4 Å². The average Bonchev–Trinajstić information content (AvgIpc) is 3.26. The number of amides is 1. The number of carbonyl (C=O) groups is 1. The zero-order valence-electron chi connectivity index (χ0n) is 22.8. The molecular weight excluding hydrogens is 521 g/mol. The van der Waals surface area contributed by atoms with Crippen molar-refractivity contribution in [1.29, 1.82) is 5.26 Å². The number of ether oxygens (including phenoxy) is 2. The Labute approximate surface area is 236 Å². The fraction of sp³-hybridized carbons (Fsp3) is 0.567. The summed E-state index contributed by atoms with van der Waals surface area (Å²) in [5.74, 6) is 1.91. The highest BCUT2D eigenvalue weighted by atomic mass is 35.5. The second-order valence-electron chi connectivity index (χ2n) is 12.2. The lowest BCUT2D eigenvalue weighted by Gasteiger charge is -2.39. The number of halogens is 2. The van der Waals surface area contributed by atoms with E-state index in [1.165, 1.54) is 6.20 Å². The molecule has 0 radical (unpaired) electrons. The summed E-state index contributed by atoms with van der Waals surface area (Å²) in [6.45, 7) is 15.5. The number of pyridine rings is 1. The number of hydrogen-bond acceptors (Lipinski definition) is 5. The van der Waals surface area contributed by atoms with E-state index in [0.29, 0.717) is 41.0 Å². The van der Waals surface area contributed by atoms with Crippen LogP contribution in [0.4, 0.5) is 0 Å². The summed E-state index contributed by atoms with van der Waals surface area (Å²) in [7, 11) is 0. The molecule has 1 saturated carbocycles. The number of nitrogens with zero attached hydrogens (tertiary/aromatic N) is 3. The third-order valence-electron chi connectivity index (χ3n) is 7.90. The third-order valence-corrected chi connectivity index (χ3v) is 8.71. The second-order valence-corrected chi connectivity index (χ2v) is 13.1. The molecule has 0 N–H and O–H groups in total. The third kappa shape index (κ3) is 6.38. The van der Waals surface area contributed by atoms with Crippen molar-refractivity contribution in [2.45, 2.75) is 65.1 Å². The van der Waals surface area contributed by atoms with Crippen LogP contribution in [0.25, 0.3) is 0 Å². The Morgan fingerprint density at radius 1 is 1.16 bits per heavy atom. The summed E-state index contributed by atoms with van der Waals surface area (Å²) in [6.07, 6.45) is 7.66. The van der Waals surface area contributed by atoms with Gasteiger partial charge < -0.3 is 14.4 Å². The fourth-order valence-corrected chi connectivity index (χ4v) is 6.20. The van der Waals surface area contributed by atoms with E-state index in [4.69, 9.17) is 37.9 Å². The largest absolute Gasteiger partial charge is 0.493 e. The standard InChI is InChI=1S/C30H37Cl2N3O3/c1-18(37-29(2,3)4)21-11-22(12-21)28(36)35-16-23(20-8-9-25(31)26(32)13-20)24(17-35)30(5,6)38-27-10-7-19(14-33)15-34-27/h7-10,15,20-24H,1,11-13,16-17H2,2-6H3. The predicted octanol–water partition coefficient (Wildman–Crippen LogP) is 6.81. The Morgan fingerprint density at radius 3 is 2.45 bits per heavy atom. The summed E-state index contributed by atoms with van der Waals surface area (Å²) in [5, 5.41) is 10.3. The summed E-state index contributed by atoms with van der Waals surface area (Å²) < 4.78 is 12.3. The quantitative estimate of drug-likeness (QED) is 0.344. The molecule has 4 rings (SSSR count). The van der Waals surface area contributed by atoms with Crippen molar-refractivity contribution in [3.8, 4) is 11.9 Å². The smallest absolute Gasteiger partial charge is 0.225 e. The van der Waals surface area contributed by atoms with Crippen LogP contribution in [0.3, 0.4) is 0 Å². The Morgan fingerprint density at radius 2 is 1.87 bits per heavy atom. The number of hydrogen-bond donors (Lipinski definition) is 0. The molecule has 204 valence electrons. The molecular formula is C30H37Cl2N3O3. The van der Waals surface area contributed by atoms with Gasteiger partial charge in [0.05, 0.1) is 16.4 Å². The Kier molecular flexibility index (Phi) is 8.21. The molecule has 2 aliphatic carbocycles. The number of likely N-dealkylation sites (tertiary alicyclic amines) is 1. The van der Waals surface area contributed by atoms with Crippen LogP contribution >= 0.6 is 23.2 Å². The molecule has 1 amide bonds. The molecule has 3 aliphatic rings. The van der Waals surface area contributed by atoms with E-state index in [0.717, 1.165) is 18.6 Å². The highest BCUT2D eigenvalue weighted by molar-refractivity contribution is 6.40. The first-order chi connectivity index (χ1) is 17.8. The van der Waals surface area contributed by atoms with Crippen LogP contribution < -0.4 is 4.74 Å². The monoisotopic (exact) mass is 557 g/mol. The number of rotatable bonds is 7. The Balaban J connectivity index is 1.48. The van der Waals surface area contributed by atoms with Gasteiger partial charge in [0.1, 0.15) is 17.3 Å². The SMILES string of the molecule is C=C(OC(C)(C)C)C1CC(C(=O)N2CC(C3C=CC(Cl)=C(Cl)C3)C(C(C)(C)Oc3ccc(C#N)cn3)C2)C1. The maximum Gasteiger partial charge on any atom is 0.225 e. The molecule has 0 aromatic carbocycles. The van der Waals surface area contributed by atoms with Crippen molar-refractivity contribution in [3.05, 3.63) is 58.4 Å². The normalized spacial score (nSPS) is 27.5. The van der Waals surface area contributed by atoms with E-state index >= 15 is 0 Å². The molecule has 2 fully saturated rings. The van der Waals surface area contributed by atoms with Crippen LogP contribution in [0.1, 0.15) is 59.4 Å². The van der Waals surface area contributed by atoms with Gasteiger partial charge in [0.2, 0.25) is 11.8 Å². The van der Waals surface area contributed by atoms with E-state index in [1.807, 2.05) is 45.6 Å². The molecule has 1 aliphatic heterocycles. The molecule has 3 atom stereocenters. The van der Waals surface area contributed by atoms with Crippen LogP contribution in [0, 0.1) is 40.9 Å². The van der Waals surface area contributed by atoms with Crippen LogP contribution in [0.5, 0.6) is 5.88 Å². The van der Waals surface area contributed by atoms with Gasteiger partial charge in [0.25, 0.3) is 0 Å². The molecule has 1 aromatic heterocycles. The summed E-state index contributed by atoms with van der Waals surface area (Å²) in [4.78, 5) is 19.9. The number of carbonyl (C=O) groups excluding carboxylic acids is 1. The first kappa shape index (κ1) is 28.5. The Bertz CT molecular complexity index is 1170. The zero-order valence-corrected chi connectivity index (χ0v) is 24.4. The first-order valence-corrected chi connectivity index (χ1v) is 14.0. The molecule has 0 spiro atoms. The van der Waals surface area contributed by atoms with Crippen molar-refractivity contribution >= 4 is 29.1 Å². The average molecular weight is 559 g/mol. The van der Waals surface area contributed by atoms with Crippen LogP contribution in [0.15, 0.2) is 52.9 Å². The van der Waals surface area contributed by atoms with E-state index in [-0.39, 0.29) is 41.1 Å². The van der Waals surface area contributed by atoms with Gasteiger partial charge in [-0.25, -0.2) is 4.98 Å². The van der Waals surface area contributed by atoms with E-state index in [9.17, 15) is 4.79 Å². The van der Waals surface area contributed by atoms with Gasteiger partial charge in [-0.2, -0.15) is 5.26 Å². The highest BCUT2D eigenvalue weighted by Crippen LogP contribution is 2.46. The van der Waals surface area contributed by atoms with Gasteiger partial charge in [0.15, 0.2) is 0 Å². The molecule has 38 heavy (non-hydrogen) atoms. The summed E-state index contributed by atoms with van der Waals surface area (Å²) in [6, 6.07) is 5.49. The van der Waals surface area contributed by atoms with Crippen molar-refractivity contribution in [3.63, 3.8) is 0 Å². The summed E-state index contributed by atoms with van der Waals surface area (Å²) in [5.41, 5.74) is -0.433. The predicted molar refractivity (Wildman–Crippen MR) is 149 cm³/mol. The van der Waals surface area contributed by atoms with Gasteiger partial charge >= 0.3 is 0 Å². The number of allylic oxidation sites excluding steroid dienone is 5. The van der Waals surface area contributed by atoms with Crippen molar-refractivity contribution in [2.24, 2.45) is 29.6 Å². The molecule has 8 heteroatoms. The molecule has 3 unspecified atom stereocenters. The number of aromatic nitrogens is 1. The van der Waals surface area contributed by atoms with Gasteiger partial charge in [-0.05, 0) is 77.9 Å². The molecule has 2 heterocycles. The van der Waals surface area contributed by atoms with Gasteiger partial charge in [-0.3, -0.25) is 4.79 Å². The van der Waals surface area contributed by atoms with Crippen LogP contribution in [-0.2, 0) is 9.53 Å². The van der Waals surface area contributed by atoms with Crippen molar-refractivity contribution < 1.29 is 14.3 Å². The van der Waals surface area contributed by atoms with E-state index < -0.39 is 5.60 Å². The maximum absolute atomic E-state index is 13.6. The van der Waals surface area contributed by atoms with Crippen LogP contribution in [-0.4, -0.2) is 40.1 Å². The molecule has 6 nitrogen and oxygen atoms in total. The van der Waals surface area contributed by atoms with E-state index in [1.54, 1.807) is 12.1 Å². The van der Waals surface area contributed by atoms with Gasteiger partial charge in [0, 0.05) is 48.1 Å². The summed E-state index contributed by atoms with van der Waals surface area (Å²) >= 11 is 12.7. The van der Waals surface area contributed by atoms with E-state index in [2.05, 4.69) is 23.7 Å². The first-order valence-electron chi connectivity index (χ1n) is 13.2. The lowest BCUT2D eigenvalue weighted by Crippen LogP contribution is -2.45. The minimum Gasteiger partial charge on any atom is -0.493 e. The van der Waals surface area contributed by atoms with Gasteiger partial charge in [-0.1, -0.05) is 35.9 Å². The highest BCUT2D eigenvalue weighted by Gasteiger charge is 2.50. The Hall–Kier alpha value is -2.49. The minimum atomic E-state index is -0.622. The lowest BCUT2D eigenvalue weighted by molar-refractivity contribution is -0.139. The molecule has 1 aromatic rings. The second kappa shape index (κ2) is 10.9. The molecule has 1 saturated heterocycles. The van der Waals surface area contributed by atoms with Crippen LogP contribution in [0.2, 0.25) is 0 Å². The van der Waals surface area contributed by atoms with Crippen molar-refractivity contribution in [1.82, 2.24) is 9.88 Å². The van der Waals surface area contributed by atoms with Crippen molar-refractivity contribution in [2.75, 3.05) is 13.1 Å². The zero-order chi connectivity index (χ0) is 27.8. The number of nitriles is 1. The fourth-order valence-electron chi connectivity index (χ4n) is 5.81. The maximum atomic E-state index is 13.6. The van der Waals surface area contributed by atoms with Gasteiger partial charge in [-0.15, -0.1) is 0 Å². The molecule has 0 bridgehead atoms.